The summed E-state index contributed by atoms with van der Waals surface area (Å²) in [7, 11) is 1.33. The molecule has 0 bridgehead atoms. The van der Waals surface area contributed by atoms with Crippen molar-refractivity contribution in [1.29, 1.82) is 0 Å². The van der Waals surface area contributed by atoms with Crippen molar-refractivity contribution < 1.29 is 19.2 Å². The molecule has 2 aromatic carbocycles. The molecule has 8 heteroatoms. The molecule has 1 heterocycles. The number of nitro groups is 1. The van der Waals surface area contributed by atoms with Crippen molar-refractivity contribution in [1.82, 2.24) is 5.32 Å². The molecule has 0 saturated carbocycles. The zero-order valence-electron chi connectivity index (χ0n) is 13.1. The Labute approximate surface area is 142 Å². The van der Waals surface area contributed by atoms with Gasteiger partial charge < -0.3 is 10.1 Å². The molecule has 1 aliphatic heterocycles. The quantitative estimate of drug-likeness (QED) is 0.399. The van der Waals surface area contributed by atoms with Crippen LogP contribution in [0, 0.1) is 10.1 Å². The van der Waals surface area contributed by atoms with Crippen LogP contribution in [0.2, 0.25) is 0 Å². The molecule has 0 aliphatic carbocycles. The maximum atomic E-state index is 12.5. The maximum Gasteiger partial charge on any atom is 0.333 e. The van der Waals surface area contributed by atoms with Crippen LogP contribution in [0.3, 0.4) is 0 Å². The van der Waals surface area contributed by atoms with Crippen LogP contribution in [-0.2, 0) is 4.79 Å². The lowest BCUT2D eigenvalue weighted by Gasteiger charge is -2.10. The molecule has 3 amide bonds. The maximum absolute atomic E-state index is 12.5. The number of hydrogen-bond donors (Lipinski definition) is 1. The third kappa shape index (κ3) is 3.05. The average molecular weight is 339 g/mol. The Bertz CT molecular complexity index is 892. The lowest BCUT2D eigenvalue weighted by molar-refractivity contribution is -0.385. The second-order valence-electron chi connectivity index (χ2n) is 5.15. The number of rotatable bonds is 4. The van der Waals surface area contributed by atoms with Gasteiger partial charge in [0.1, 0.15) is 5.70 Å². The number of nitrogens with zero attached hydrogens (tertiary/aromatic N) is 2. The Hall–Kier alpha value is -3.68. The van der Waals surface area contributed by atoms with E-state index in [0.717, 1.165) is 4.90 Å². The summed E-state index contributed by atoms with van der Waals surface area (Å²) in [6.45, 7) is 0. The van der Waals surface area contributed by atoms with Gasteiger partial charge in [0, 0.05) is 6.07 Å². The summed E-state index contributed by atoms with van der Waals surface area (Å²) in [5.74, 6) is -0.422. The number of hydrogen-bond acceptors (Lipinski definition) is 5. The van der Waals surface area contributed by atoms with E-state index in [2.05, 4.69) is 5.32 Å². The van der Waals surface area contributed by atoms with E-state index in [1.807, 2.05) is 0 Å². The van der Waals surface area contributed by atoms with Gasteiger partial charge >= 0.3 is 11.7 Å². The van der Waals surface area contributed by atoms with E-state index in [0.29, 0.717) is 11.3 Å². The van der Waals surface area contributed by atoms with Crippen molar-refractivity contribution in [3.05, 3.63) is 69.9 Å². The minimum absolute atomic E-state index is 0.0355. The van der Waals surface area contributed by atoms with Gasteiger partial charge in [0.25, 0.3) is 5.91 Å². The van der Waals surface area contributed by atoms with Crippen LogP contribution in [0.1, 0.15) is 5.56 Å². The van der Waals surface area contributed by atoms with Crippen molar-refractivity contribution in [2.75, 3.05) is 12.0 Å². The minimum atomic E-state index is -0.578. The topological polar surface area (TPSA) is 102 Å². The van der Waals surface area contributed by atoms with Crippen LogP contribution in [0.4, 0.5) is 16.2 Å². The fourth-order valence-electron chi connectivity index (χ4n) is 2.45. The van der Waals surface area contributed by atoms with Gasteiger partial charge in [-0.15, -0.1) is 0 Å². The van der Waals surface area contributed by atoms with E-state index >= 15 is 0 Å². The van der Waals surface area contributed by atoms with Gasteiger partial charge in [0.15, 0.2) is 5.75 Å². The first-order chi connectivity index (χ1) is 12.0. The molecule has 0 spiro atoms. The van der Waals surface area contributed by atoms with Crippen LogP contribution in [0.25, 0.3) is 6.08 Å². The number of imide groups is 1. The second kappa shape index (κ2) is 6.44. The number of para-hydroxylation sites is 1. The first-order valence-electron chi connectivity index (χ1n) is 7.26. The SMILES string of the molecule is COc1ccc(/C=C2/NC(=O)N(c3ccccc3)C2=O)cc1[N+](=O)[O-]. The highest BCUT2D eigenvalue weighted by atomic mass is 16.6. The summed E-state index contributed by atoms with van der Waals surface area (Å²) < 4.78 is 4.94. The Morgan fingerprint density at radius 3 is 2.52 bits per heavy atom. The average Bonchev–Trinajstić information content (AvgIpc) is 2.89. The molecule has 25 heavy (non-hydrogen) atoms. The number of urea groups is 1. The zero-order chi connectivity index (χ0) is 18.0. The molecule has 3 rings (SSSR count). The molecule has 0 aromatic heterocycles. The van der Waals surface area contributed by atoms with E-state index in [1.165, 1.54) is 25.3 Å². The number of anilines is 1. The number of carbonyl (C=O) groups excluding carboxylic acids is 2. The number of carbonyl (C=O) groups is 2. The molecule has 1 saturated heterocycles. The third-order valence-corrected chi connectivity index (χ3v) is 3.60. The summed E-state index contributed by atoms with van der Waals surface area (Å²) in [5, 5.41) is 13.6. The predicted octanol–water partition coefficient (Wildman–Crippen LogP) is 2.70. The Morgan fingerprint density at radius 1 is 1.16 bits per heavy atom. The van der Waals surface area contributed by atoms with E-state index in [1.54, 1.807) is 36.4 Å². The van der Waals surface area contributed by atoms with Gasteiger partial charge in [0.2, 0.25) is 0 Å². The molecule has 126 valence electrons. The Morgan fingerprint density at radius 2 is 1.88 bits per heavy atom. The molecule has 0 unspecified atom stereocenters. The fourth-order valence-corrected chi connectivity index (χ4v) is 2.45. The third-order valence-electron chi connectivity index (χ3n) is 3.60. The fraction of sp³-hybridized carbons (Fsp3) is 0.0588. The summed E-state index contributed by atoms with van der Waals surface area (Å²) in [6, 6.07) is 12.2. The van der Waals surface area contributed by atoms with Crippen LogP contribution < -0.4 is 15.0 Å². The number of methoxy groups -OCH3 is 1. The van der Waals surface area contributed by atoms with Gasteiger partial charge in [-0.2, -0.15) is 0 Å². The highest BCUT2D eigenvalue weighted by Crippen LogP contribution is 2.29. The van der Waals surface area contributed by atoms with Gasteiger partial charge in [-0.25, -0.2) is 9.69 Å². The number of nitro benzene ring substituents is 1. The number of ether oxygens (including phenoxy) is 1. The lowest BCUT2D eigenvalue weighted by atomic mass is 10.1. The summed E-state index contributed by atoms with van der Waals surface area (Å²) in [5.41, 5.74) is 0.641. The molecule has 8 nitrogen and oxygen atoms in total. The Kier molecular flexibility index (Phi) is 4.17. The minimum Gasteiger partial charge on any atom is -0.490 e. The van der Waals surface area contributed by atoms with E-state index in [4.69, 9.17) is 4.74 Å². The molecule has 1 N–H and O–H groups in total. The van der Waals surface area contributed by atoms with Crippen LogP contribution >= 0.6 is 0 Å². The summed E-state index contributed by atoms with van der Waals surface area (Å²) in [4.78, 5) is 36.1. The largest absolute Gasteiger partial charge is 0.490 e. The van der Waals surface area contributed by atoms with Gasteiger partial charge in [-0.3, -0.25) is 14.9 Å². The highest BCUT2D eigenvalue weighted by Gasteiger charge is 2.34. The summed E-state index contributed by atoms with van der Waals surface area (Å²) >= 11 is 0. The van der Waals surface area contributed by atoms with Crippen LogP contribution in [0.5, 0.6) is 5.75 Å². The van der Waals surface area contributed by atoms with E-state index in [9.17, 15) is 19.7 Å². The highest BCUT2D eigenvalue weighted by molar-refractivity contribution is 6.28. The van der Waals surface area contributed by atoms with Crippen molar-refractivity contribution in [3.8, 4) is 5.75 Å². The van der Waals surface area contributed by atoms with Gasteiger partial charge in [-0.05, 0) is 29.8 Å². The second-order valence-corrected chi connectivity index (χ2v) is 5.15. The summed E-state index contributed by atoms with van der Waals surface area (Å²) in [6.07, 6.45) is 1.38. The molecular weight excluding hydrogens is 326 g/mol. The predicted molar refractivity (Wildman–Crippen MR) is 90.1 cm³/mol. The smallest absolute Gasteiger partial charge is 0.333 e. The number of benzene rings is 2. The number of nitrogens with one attached hydrogen (secondary N) is 1. The van der Waals surface area contributed by atoms with Crippen molar-refractivity contribution in [2.45, 2.75) is 0 Å². The lowest BCUT2D eigenvalue weighted by Crippen LogP contribution is -2.30. The van der Waals surface area contributed by atoms with Crippen molar-refractivity contribution in [2.24, 2.45) is 0 Å². The molecule has 0 radical (unpaired) electrons. The van der Waals surface area contributed by atoms with Gasteiger partial charge in [-0.1, -0.05) is 24.3 Å². The van der Waals surface area contributed by atoms with Gasteiger partial charge in [0.05, 0.1) is 17.7 Å². The first-order valence-corrected chi connectivity index (χ1v) is 7.26. The van der Waals surface area contributed by atoms with Crippen molar-refractivity contribution in [3.63, 3.8) is 0 Å². The molecule has 2 aromatic rings. The van der Waals surface area contributed by atoms with E-state index in [-0.39, 0.29) is 17.1 Å². The van der Waals surface area contributed by atoms with E-state index < -0.39 is 16.9 Å². The molecular formula is C17H13N3O5. The van der Waals surface area contributed by atoms with Crippen molar-refractivity contribution >= 4 is 29.4 Å². The standard InChI is InChI=1S/C17H13N3O5/c1-25-15-8-7-11(10-14(15)20(23)24)9-13-16(21)19(17(22)18-13)12-5-3-2-4-6-12/h2-10H,1H3,(H,18,22)/b13-9+. The van der Waals surface area contributed by atoms with Crippen LogP contribution in [-0.4, -0.2) is 24.0 Å². The first kappa shape index (κ1) is 16.2. The Balaban J connectivity index is 1.95. The molecule has 1 aliphatic rings. The molecule has 1 fully saturated rings. The monoisotopic (exact) mass is 339 g/mol. The van der Waals surface area contributed by atoms with Crippen LogP contribution in [0.15, 0.2) is 54.2 Å². The normalized spacial score (nSPS) is 15.4. The number of amides is 3. The zero-order valence-corrected chi connectivity index (χ0v) is 13.1. The molecule has 0 atom stereocenters.